The fourth-order valence-electron chi connectivity index (χ4n) is 2.13. The van der Waals surface area contributed by atoms with E-state index < -0.39 is 28.5 Å². The first-order valence-corrected chi connectivity index (χ1v) is 10.5. The van der Waals surface area contributed by atoms with Gasteiger partial charge in [-0.1, -0.05) is 28.1 Å². The molecule has 150 valence electrons. The molecule has 28 heavy (non-hydrogen) atoms. The number of primary sulfonamides is 1. The minimum atomic E-state index is -3.87. The number of nitrogens with one attached hydrogen (secondary N) is 1. The lowest BCUT2D eigenvalue weighted by Crippen LogP contribution is -2.21. The van der Waals surface area contributed by atoms with Crippen molar-refractivity contribution in [1.29, 1.82) is 0 Å². The van der Waals surface area contributed by atoms with E-state index in [1.165, 1.54) is 24.3 Å². The van der Waals surface area contributed by atoms with Gasteiger partial charge in [0, 0.05) is 16.6 Å². The first-order valence-electron chi connectivity index (χ1n) is 8.21. The molecule has 0 aromatic heterocycles. The molecule has 2 rings (SSSR count). The Morgan fingerprint density at radius 2 is 1.86 bits per heavy atom. The van der Waals surface area contributed by atoms with E-state index in [1.807, 2.05) is 18.2 Å². The van der Waals surface area contributed by atoms with Crippen LogP contribution in [-0.4, -0.2) is 33.5 Å². The van der Waals surface area contributed by atoms with Crippen LogP contribution in [0.5, 0.6) is 5.75 Å². The van der Waals surface area contributed by atoms with Crippen LogP contribution >= 0.6 is 15.9 Å². The number of sulfonamides is 1. The molecule has 0 saturated heterocycles. The van der Waals surface area contributed by atoms with E-state index in [9.17, 15) is 18.0 Å². The fraction of sp³-hybridized carbons (Fsp3) is 0.222. The lowest BCUT2D eigenvalue weighted by atomic mass is 10.3. The van der Waals surface area contributed by atoms with Gasteiger partial charge in [-0.15, -0.1) is 0 Å². The number of carbonyl (C=O) groups is 2. The van der Waals surface area contributed by atoms with Crippen molar-refractivity contribution in [2.45, 2.75) is 17.7 Å². The minimum Gasteiger partial charge on any atom is -0.494 e. The van der Waals surface area contributed by atoms with Crippen molar-refractivity contribution in [2.75, 3.05) is 18.5 Å². The quantitative estimate of drug-likeness (QED) is 0.428. The average Bonchev–Trinajstić information content (AvgIpc) is 2.63. The van der Waals surface area contributed by atoms with Crippen molar-refractivity contribution in [3.63, 3.8) is 0 Å². The van der Waals surface area contributed by atoms with E-state index >= 15 is 0 Å². The Kier molecular flexibility index (Phi) is 7.97. The van der Waals surface area contributed by atoms with Crippen LogP contribution in [0.25, 0.3) is 0 Å². The first-order chi connectivity index (χ1) is 13.2. The third-order valence-corrected chi connectivity index (χ3v) is 4.80. The lowest BCUT2D eigenvalue weighted by Gasteiger charge is -2.08. The van der Waals surface area contributed by atoms with Crippen molar-refractivity contribution in [1.82, 2.24) is 0 Å². The Morgan fingerprint density at radius 3 is 2.57 bits per heavy atom. The summed E-state index contributed by atoms with van der Waals surface area (Å²) in [4.78, 5) is 23.4. The number of esters is 1. The summed E-state index contributed by atoms with van der Waals surface area (Å²) < 4.78 is 33.9. The minimum absolute atomic E-state index is 0.0994. The van der Waals surface area contributed by atoms with Gasteiger partial charge in [-0.25, -0.2) is 13.6 Å². The Labute approximate surface area is 171 Å². The summed E-state index contributed by atoms with van der Waals surface area (Å²) in [6.45, 7) is -0.150. The molecule has 0 spiro atoms. The van der Waals surface area contributed by atoms with Crippen molar-refractivity contribution in [2.24, 2.45) is 5.14 Å². The van der Waals surface area contributed by atoms with Gasteiger partial charge in [0.1, 0.15) is 5.75 Å². The number of amides is 1. The van der Waals surface area contributed by atoms with Crippen LogP contribution in [0, 0.1) is 0 Å². The van der Waals surface area contributed by atoms with Gasteiger partial charge in [0.25, 0.3) is 5.91 Å². The maximum atomic E-state index is 11.8. The molecule has 0 aliphatic carbocycles. The van der Waals surface area contributed by atoms with Gasteiger partial charge in [0.05, 0.1) is 11.5 Å². The van der Waals surface area contributed by atoms with Crippen LogP contribution < -0.4 is 15.2 Å². The zero-order valence-electron chi connectivity index (χ0n) is 14.8. The number of rotatable bonds is 9. The average molecular weight is 471 g/mol. The Balaban J connectivity index is 1.69. The third-order valence-electron chi connectivity index (χ3n) is 3.40. The normalized spacial score (nSPS) is 10.9. The molecule has 0 unspecified atom stereocenters. The highest BCUT2D eigenvalue weighted by atomic mass is 79.9. The molecule has 0 aliphatic heterocycles. The first kappa shape index (κ1) is 21.9. The van der Waals surface area contributed by atoms with Gasteiger partial charge in [-0.3, -0.25) is 9.59 Å². The highest BCUT2D eigenvalue weighted by molar-refractivity contribution is 9.10. The predicted molar refractivity (Wildman–Crippen MR) is 106 cm³/mol. The van der Waals surface area contributed by atoms with Crippen LogP contribution in [0.4, 0.5) is 5.69 Å². The Bertz CT molecular complexity index is 949. The molecule has 0 aliphatic rings. The molecule has 1 amide bonds. The molecular formula is C18H19BrN2O6S. The van der Waals surface area contributed by atoms with E-state index in [1.54, 1.807) is 6.07 Å². The molecule has 2 aromatic carbocycles. The summed E-state index contributed by atoms with van der Waals surface area (Å²) in [6, 6.07) is 12.8. The van der Waals surface area contributed by atoms with Crippen molar-refractivity contribution in [3.8, 4) is 5.75 Å². The maximum absolute atomic E-state index is 11.8. The van der Waals surface area contributed by atoms with Crippen LogP contribution in [0.3, 0.4) is 0 Å². The molecule has 0 fully saturated rings. The second kappa shape index (κ2) is 10.2. The van der Waals surface area contributed by atoms with Crippen LogP contribution in [-0.2, 0) is 24.3 Å². The molecule has 10 heteroatoms. The van der Waals surface area contributed by atoms with Gasteiger partial charge in [0.2, 0.25) is 10.0 Å². The molecule has 0 heterocycles. The van der Waals surface area contributed by atoms with Crippen molar-refractivity contribution < 1.29 is 27.5 Å². The second-order valence-corrected chi connectivity index (χ2v) is 8.17. The van der Waals surface area contributed by atoms with Crippen LogP contribution in [0.15, 0.2) is 57.9 Å². The summed E-state index contributed by atoms with van der Waals surface area (Å²) in [5, 5.41) is 7.47. The Hall–Kier alpha value is -2.43. The SMILES string of the molecule is NS(=O)(=O)c1cccc(NC(=O)COC(=O)CCCOc2cccc(Br)c2)c1. The fourth-order valence-corrected chi connectivity index (χ4v) is 3.07. The zero-order valence-corrected chi connectivity index (χ0v) is 17.2. The van der Waals surface area contributed by atoms with Crippen molar-refractivity contribution >= 4 is 43.5 Å². The summed E-state index contributed by atoms with van der Waals surface area (Å²) in [6.07, 6.45) is 0.533. The van der Waals surface area contributed by atoms with Gasteiger partial charge in [-0.2, -0.15) is 0 Å². The number of halogens is 1. The highest BCUT2D eigenvalue weighted by Gasteiger charge is 2.11. The molecule has 8 nitrogen and oxygen atoms in total. The summed E-state index contributed by atoms with van der Waals surface area (Å²) in [7, 11) is -3.87. The van der Waals surface area contributed by atoms with Crippen molar-refractivity contribution in [3.05, 3.63) is 53.0 Å². The summed E-state index contributed by atoms with van der Waals surface area (Å²) in [5.41, 5.74) is 0.231. The molecule has 3 N–H and O–H groups in total. The van der Waals surface area contributed by atoms with E-state index in [2.05, 4.69) is 21.2 Å². The molecule has 0 radical (unpaired) electrons. The number of ether oxygens (including phenoxy) is 2. The summed E-state index contributed by atoms with van der Waals surface area (Å²) in [5.74, 6) is -0.444. The van der Waals surface area contributed by atoms with Crippen LogP contribution in [0.2, 0.25) is 0 Å². The van der Waals surface area contributed by atoms with Crippen LogP contribution in [0.1, 0.15) is 12.8 Å². The zero-order chi connectivity index (χ0) is 20.6. The number of benzene rings is 2. The monoisotopic (exact) mass is 470 g/mol. The maximum Gasteiger partial charge on any atom is 0.306 e. The lowest BCUT2D eigenvalue weighted by molar-refractivity contribution is -0.147. The van der Waals surface area contributed by atoms with E-state index in [-0.39, 0.29) is 17.0 Å². The van der Waals surface area contributed by atoms with Gasteiger partial charge >= 0.3 is 5.97 Å². The van der Waals surface area contributed by atoms with Gasteiger partial charge < -0.3 is 14.8 Å². The molecule has 0 saturated carbocycles. The van der Waals surface area contributed by atoms with E-state index in [4.69, 9.17) is 14.6 Å². The second-order valence-electron chi connectivity index (χ2n) is 5.69. The Morgan fingerprint density at radius 1 is 1.11 bits per heavy atom. The number of hydrogen-bond donors (Lipinski definition) is 2. The largest absolute Gasteiger partial charge is 0.494 e. The number of carbonyl (C=O) groups excluding carboxylic acids is 2. The van der Waals surface area contributed by atoms with E-state index in [0.717, 1.165) is 4.47 Å². The predicted octanol–water partition coefficient (Wildman–Crippen LogP) is 2.44. The molecular weight excluding hydrogens is 452 g/mol. The molecule has 0 atom stereocenters. The smallest absolute Gasteiger partial charge is 0.306 e. The van der Waals surface area contributed by atoms with Gasteiger partial charge in [-0.05, 0) is 42.8 Å². The highest BCUT2D eigenvalue weighted by Crippen LogP contribution is 2.18. The molecule has 2 aromatic rings. The topological polar surface area (TPSA) is 125 Å². The summed E-state index contributed by atoms with van der Waals surface area (Å²) >= 11 is 3.34. The third kappa shape index (κ3) is 7.67. The number of anilines is 1. The molecule has 0 bridgehead atoms. The standard InChI is InChI=1S/C18H19BrN2O6S/c19-13-4-1-6-15(10-13)26-9-3-8-18(23)27-12-17(22)21-14-5-2-7-16(11-14)28(20,24)25/h1-2,4-7,10-11H,3,8-9,12H2,(H,21,22)(H2,20,24,25). The number of hydrogen-bond acceptors (Lipinski definition) is 6. The van der Waals surface area contributed by atoms with E-state index in [0.29, 0.717) is 18.8 Å². The number of nitrogens with two attached hydrogens (primary N) is 1. The van der Waals surface area contributed by atoms with Gasteiger partial charge in [0.15, 0.2) is 6.61 Å².